The van der Waals surface area contributed by atoms with Crippen molar-refractivity contribution in [1.82, 2.24) is 14.5 Å². The summed E-state index contributed by atoms with van der Waals surface area (Å²) in [5.41, 5.74) is 13.5. The highest BCUT2D eigenvalue weighted by atomic mass is 16.1. The number of hydrogen-bond acceptors (Lipinski definition) is 4. The van der Waals surface area contributed by atoms with Gasteiger partial charge in [0, 0.05) is 12.2 Å². The molecule has 0 saturated carbocycles. The largest absolute Gasteiger partial charge is 0.383 e. The molecular formula is C13H19N5O. The smallest absolute Gasteiger partial charge is 0.224 e. The highest BCUT2D eigenvalue weighted by Crippen LogP contribution is 2.29. The maximum atomic E-state index is 11.5. The van der Waals surface area contributed by atoms with Gasteiger partial charge in [-0.05, 0) is 33.3 Å². The van der Waals surface area contributed by atoms with Gasteiger partial charge in [0.05, 0.1) is 10.8 Å². The summed E-state index contributed by atoms with van der Waals surface area (Å²) in [5, 5.41) is 0.847. The van der Waals surface area contributed by atoms with Gasteiger partial charge in [-0.25, -0.2) is 9.97 Å². The molecule has 2 aromatic rings. The number of aryl methyl sites for hydroxylation is 1. The molecule has 0 unspecified atom stereocenters. The summed E-state index contributed by atoms with van der Waals surface area (Å²) < 4.78 is 1.98. The van der Waals surface area contributed by atoms with Crippen molar-refractivity contribution in [2.45, 2.75) is 34.2 Å². The minimum absolute atomic E-state index is 0.339. The molecule has 19 heavy (non-hydrogen) atoms. The first-order valence-corrected chi connectivity index (χ1v) is 6.11. The van der Waals surface area contributed by atoms with E-state index in [9.17, 15) is 4.79 Å². The van der Waals surface area contributed by atoms with E-state index < -0.39 is 5.41 Å². The van der Waals surface area contributed by atoms with Crippen LogP contribution in [0.4, 0.5) is 5.82 Å². The number of fused-ring (bicyclic) bond motifs is 1. The molecule has 6 nitrogen and oxygen atoms in total. The molecule has 0 aliphatic rings. The quantitative estimate of drug-likeness (QED) is 0.865. The van der Waals surface area contributed by atoms with Crippen LogP contribution in [0.25, 0.3) is 11.0 Å². The van der Waals surface area contributed by atoms with Crippen LogP contribution in [0.15, 0.2) is 6.33 Å². The topological polar surface area (TPSA) is 99.8 Å². The monoisotopic (exact) mass is 261 g/mol. The van der Waals surface area contributed by atoms with Gasteiger partial charge in [0.2, 0.25) is 5.91 Å². The van der Waals surface area contributed by atoms with E-state index in [4.69, 9.17) is 11.5 Å². The van der Waals surface area contributed by atoms with Gasteiger partial charge in [-0.15, -0.1) is 0 Å². The Bertz CT molecular complexity index is 657. The third-order valence-electron chi connectivity index (χ3n) is 3.66. The number of aromatic nitrogens is 3. The molecular weight excluding hydrogens is 242 g/mol. The van der Waals surface area contributed by atoms with Gasteiger partial charge in [-0.2, -0.15) is 0 Å². The van der Waals surface area contributed by atoms with Crippen molar-refractivity contribution in [3.8, 4) is 0 Å². The van der Waals surface area contributed by atoms with Crippen LogP contribution in [-0.4, -0.2) is 20.4 Å². The van der Waals surface area contributed by atoms with Crippen molar-refractivity contribution in [3.05, 3.63) is 17.6 Å². The maximum Gasteiger partial charge on any atom is 0.224 e. The molecule has 2 aromatic heterocycles. The molecule has 6 heteroatoms. The van der Waals surface area contributed by atoms with Crippen molar-refractivity contribution in [1.29, 1.82) is 0 Å². The van der Waals surface area contributed by atoms with E-state index in [-0.39, 0.29) is 5.91 Å². The van der Waals surface area contributed by atoms with Gasteiger partial charge in [-0.3, -0.25) is 4.79 Å². The van der Waals surface area contributed by atoms with Crippen LogP contribution in [0.5, 0.6) is 0 Å². The average Bonchev–Trinajstić information content (AvgIpc) is 2.55. The first kappa shape index (κ1) is 13.3. The van der Waals surface area contributed by atoms with Crippen LogP contribution in [0.2, 0.25) is 0 Å². The van der Waals surface area contributed by atoms with Crippen LogP contribution >= 0.6 is 0 Å². The Morgan fingerprint density at radius 1 is 1.37 bits per heavy atom. The zero-order valence-electron chi connectivity index (χ0n) is 11.7. The van der Waals surface area contributed by atoms with E-state index in [1.54, 1.807) is 0 Å². The SMILES string of the molecule is Cc1c(C)n(CC(C)(C)C(N)=O)c2ncnc(N)c12. The predicted molar refractivity (Wildman–Crippen MR) is 74.4 cm³/mol. The minimum atomic E-state index is -0.650. The van der Waals surface area contributed by atoms with Crippen molar-refractivity contribution in [2.24, 2.45) is 11.1 Å². The van der Waals surface area contributed by atoms with Crippen LogP contribution in [0.3, 0.4) is 0 Å². The normalized spacial score (nSPS) is 12.0. The molecule has 102 valence electrons. The summed E-state index contributed by atoms with van der Waals surface area (Å²) in [6, 6.07) is 0. The van der Waals surface area contributed by atoms with Gasteiger partial charge in [0.15, 0.2) is 0 Å². The van der Waals surface area contributed by atoms with Crippen LogP contribution < -0.4 is 11.5 Å². The third-order valence-corrected chi connectivity index (χ3v) is 3.66. The molecule has 0 fully saturated rings. The molecule has 0 saturated heterocycles. The Morgan fingerprint density at radius 3 is 2.58 bits per heavy atom. The highest BCUT2D eigenvalue weighted by molar-refractivity contribution is 5.91. The lowest BCUT2D eigenvalue weighted by molar-refractivity contribution is -0.126. The minimum Gasteiger partial charge on any atom is -0.383 e. The fourth-order valence-corrected chi connectivity index (χ4v) is 2.16. The van der Waals surface area contributed by atoms with E-state index in [2.05, 4.69) is 9.97 Å². The van der Waals surface area contributed by atoms with E-state index >= 15 is 0 Å². The van der Waals surface area contributed by atoms with Crippen molar-refractivity contribution >= 4 is 22.8 Å². The molecule has 0 spiro atoms. The lowest BCUT2D eigenvalue weighted by Crippen LogP contribution is -2.35. The number of carbonyl (C=O) groups excluding carboxylic acids is 1. The van der Waals surface area contributed by atoms with E-state index in [1.807, 2.05) is 32.3 Å². The number of nitrogens with two attached hydrogens (primary N) is 2. The lowest BCUT2D eigenvalue weighted by Gasteiger charge is -2.22. The van der Waals surface area contributed by atoms with E-state index in [1.165, 1.54) is 6.33 Å². The third kappa shape index (κ3) is 2.03. The summed E-state index contributed by atoms with van der Waals surface area (Å²) in [4.78, 5) is 19.8. The number of hydrogen-bond donors (Lipinski definition) is 2. The van der Waals surface area contributed by atoms with Gasteiger partial charge in [0.25, 0.3) is 0 Å². The van der Waals surface area contributed by atoms with Crippen LogP contribution in [-0.2, 0) is 11.3 Å². The summed E-state index contributed by atoms with van der Waals surface area (Å²) in [7, 11) is 0. The Morgan fingerprint density at radius 2 is 2.00 bits per heavy atom. The number of amides is 1. The molecule has 0 radical (unpaired) electrons. The summed E-state index contributed by atoms with van der Waals surface area (Å²) in [5.74, 6) is 0.120. The Hall–Kier alpha value is -2.11. The van der Waals surface area contributed by atoms with Gasteiger partial charge >= 0.3 is 0 Å². The standard InChI is InChI=1S/C13H19N5O/c1-7-8(2)18(5-13(3,4)12(15)19)11-9(7)10(14)16-6-17-11/h6H,5H2,1-4H3,(H2,15,19)(H2,14,16,17). The van der Waals surface area contributed by atoms with Gasteiger partial charge < -0.3 is 16.0 Å². The second kappa shape index (κ2) is 4.22. The first-order valence-electron chi connectivity index (χ1n) is 6.11. The zero-order chi connectivity index (χ0) is 14.4. The first-order chi connectivity index (χ1) is 8.75. The molecule has 0 aliphatic carbocycles. The van der Waals surface area contributed by atoms with Crippen molar-refractivity contribution in [3.63, 3.8) is 0 Å². The summed E-state index contributed by atoms with van der Waals surface area (Å²) >= 11 is 0. The molecule has 2 rings (SSSR count). The Balaban J connectivity index is 2.65. The molecule has 4 N–H and O–H groups in total. The molecule has 1 amide bonds. The van der Waals surface area contributed by atoms with Crippen LogP contribution in [0, 0.1) is 19.3 Å². The fourth-order valence-electron chi connectivity index (χ4n) is 2.16. The molecule has 0 aromatic carbocycles. The van der Waals surface area contributed by atoms with Gasteiger partial charge in [0.1, 0.15) is 17.8 Å². The number of nitrogen functional groups attached to an aromatic ring is 1. The number of rotatable bonds is 3. The van der Waals surface area contributed by atoms with Crippen molar-refractivity contribution in [2.75, 3.05) is 5.73 Å². The average molecular weight is 261 g/mol. The molecule has 2 heterocycles. The number of primary amides is 1. The summed E-state index contributed by atoms with van der Waals surface area (Å²) in [6.07, 6.45) is 1.43. The van der Waals surface area contributed by atoms with Crippen molar-refractivity contribution < 1.29 is 4.79 Å². The Kier molecular flexibility index (Phi) is 2.96. The highest BCUT2D eigenvalue weighted by Gasteiger charge is 2.28. The summed E-state index contributed by atoms with van der Waals surface area (Å²) in [6.45, 7) is 8.06. The molecule has 0 bridgehead atoms. The zero-order valence-corrected chi connectivity index (χ0v) is 11.7. The number of nitrogens with zero attached hydrogens (tertiary/aromatic N) is 3. The predicted octanol–water partition coefficient (Wildman–Crippen LogP) is 1.14. The number of carbonyl (C=O) groups is 1. The molecule has 0 aliphatic heterocycles. The lowest BCUT2D eigenvalue weighted by atomic mass is 9.92. The van der Waals surface area contributed by atoms with Gasteiger partial charge in [-0.1, -0.05) is 0 Å². The van der Waals surface area contributed by atoms with Crippen LogP contribution in [0.1, 0.15) is 25.1 Å². The van der Waals surface area contributed by atoms with E-state index in [0.29, 0.717) is 12.4 Å². The number of anilines is 1. The van der Waals surface area contributed by atoms with E-state index in [0.717, 1.165) is 22.3 Å². The Labute approximate surface area is 111 Å². The maximum absolute atomic E-state index is 11.5. The second-order valence-electron chi connectivity index (χ2n) is 5.50. The second-order valence-corrected chi connectivity index (χ2v) is 5.50. The molecule has 0 atom stereocenters. The fraction of sp³-hybridized carbons (Fsp3) is 0.462.